The molecule has 0 aliphatic heterocycles. The zero-order chi connectivity index (χ0) is 14.6. The topological polar surface area (TPSA) is 43.9 Å². The smallest absolute Gasteiger partial charge is 0.389 e. The minimum Gasteiger partial charge on any atom is -0.461 e. The zero-order valence-corrected chi connectivity index (χ0v) is 11.2. The van der Waals surface area contributed by atoms with Gasteiger partial charge < -0.3 is 4.42 Å². The molecule has 0 radical (unpaired) electrons. The fraction of sp³-hybridized carbons (Fsp3) is 0.333. The van der Waals surface area contributed by atoms with Crippen LogP contribution < -0.4 is 0 Å². The van der Waals surface area contributed by atoms with Crippen molar-refractivity contribution in [1.29, 1.82) is 0 Å². The van der Waals surface area contributed by atoms with Crippen molar-refractivity contribution < 1.29 is 17.6 Å². The molecule has 0 aromatic carbocycles. The van der Waals surface area contributed by atoms with E-state index in [1.807, 2.05) is 0 Å². The fourth-order valence-electron chi connectivity index (χ4n) is 1.54. The van der Waals surface area contributed by atoms with Gasteiger partial charge in [0, 0.05) is 12.3 Å². The first-order valence-corrected chi connectivity index (χ1v) is 6.77. The third-order valence-corrected chi connectivity index (χ3v) is 3.36. The predicted molar refractivity (Wildman–Crippen MR) is 69.3 cm³/mol. The van der Waals surface area contributed by atoms with E-state index < -0.39 is 12.6 Å². The van der Waals surface area contributed by atoms with Crippen LogP contribution >= 0.6 is 11.8 Å². The Morgan fingerprint density at radius 2 is 2.20 bits per heavy atom. The average Bonchev–Trinajstić information content (AvgIpc) is 2.98. The molecule has 0 fully saturated rings. The number of thioether (sulfide) groups is 1. The molecule has 0 N–H and O–H groups in total. The molecule has 4 nitrogen and oxygen atoms in total. The van der Waals surface area contributed by atoms with E-state index in [9.17, 15) is 13.2 Å². The minimum absolute atomic E-state index is 0.100. The Bertz CT molecular complexity index is 563. The number of aromatic nitrogens is 3. The third-order valence-electron chi connectivity index (χ3n) is 2.39. The zero-order valence-electron chi connectivity index (χ0n) is 10.4. The number of furan rings is 1. The van der Waals surface area contributed by atoms with E-state index in [0.29, 0.717) is 23.3 Å². The van der Waals surface area contributed by atoms with E-state index in [1.165, 1.54) is 6.26 Å². The molecule has 8 heteroatoms. The second-order valence-corrected chi connectivity index (χ2v) is 4.96. The van der Waals surface area contributed by atoms with Gasteiger partial charge in [0.05, 0.1) is 12.7 Å². The average molecular weight is 303 g/mol. The van der Waals surface area contributed by atoms with Gasteiger partial charge in [-0.3, -0.25) is 4.57 Å². The van der Waals surface area contributed by atoms with Crippen LogP contribution in [0.4, 0.5) is 13.2 Å². The van der Waals surface area contributed by atoms with Crippen LogP contribution in [0.25, 0.3) is 11.6 Å². The third kappa shape index (κ3) is 3.66. The SMILES string of the molecule is C=CCn1c(SCCC(F)(F)F)nnc1-c1ccco1. The summed E-state index contributed by atoms with van der Waals surface area (Å²) in [5.41, 5.74) is 0. The standard InChI is InChI=1S/C12H12F3N3OS/c1-2-6-18-10(9-4-3-7-19-9)16-17-11(18)20-8-5-12(13,14)15/h2-4,7H,1,5-6,8H2. The number of halogens is 3. The normalized spacial score (nSPS) is 11.8. The Balaban J connectivity index is 2.15. The van der Waals surface area contributed by atoms with Crippen LogP contribution in [0.5, 0.6) is 0 Å². The number of hydrogen-bond donors (Lipinski definition) is 0. The van der Waals surface area contributed by atoms with E-state index in [4.69, 9.17) is 4.42 Å². The number of nitrogens with zero attached hydrogens (tertiary/aromatic N) is 3. The Morgan fingerprint density at radius 3 is 2.80 bits per heavy atom. The summed E-state index contributed by atoms with van der Waals surface area (Å²) in [5, 5.41) is 8.29. The van der Waals surface area contributed by atoms with Crippen LogP contribution in [0.2, 0.25) is 0 Å². The molecule has 2 heterocycles. The van der Waals surface area contributed by atoms with Gasteiger partial charge in [-0.15, -0.1) is 16.8 Å². The first-order chi connectivity index (χ1) is 9.51. The molecule has 20 heavy (non-hydrogen) atoms. The van der Waals surface area contributed by atoms with Gasteiger partial charge in [0.1, 0.15) is 0 Å². The molecular formula is C12H12F3N3OS. The van der Waals surface area contributed by atoms with Gasteiger partial charge in [-0.1, -0.05) is 17.8 Å². The summed E-state index contributed by atoms with van der Waals surface area (Å²) in [5.74, 6) is 0.892. The highest BCUT2D eigenvalue weighted by atomic mass is 32.2. The summed E-state index contributed by atoms with van der Waals surface area (Å²) in [6, 6.07) is 3.42. The first-order valence-electron chi connectivity index (χ1n) is 5.79. The van der Waals surface area contributed by atoms with E-state index in [0.717, 1.165) is 11.8 Å². The lowest BCUT2D eigenvalue weighted by molar-refractivity contribution is -0.129. The Hall–Kier alpha value is -1.70. The molecule has 0 atom stereocenters. The number of allylic oxidation sites excluding steroid dienone is 1. The fourth-order valence-corrected chi connectivity index (χ4v) is 2.47. The van der Waals surface area contributed by atoms with Gasteiger partial charge in [-0.25, -0.2) is 0 Å². The first kappa shape index (κ1) is 14.7. The summed E-state index contributed by atoms with van der Waals surface area (Å²) in [6.07, 6.45) is -1.91. The van der Waals surface area contributed by atoms with Crippen molar-refractivity contribution >= 4 is 11.8 Å². The summed E-state index contributed by atoms with van der Waals surface area (Å²) < 4.78 is 43.3. The summed E-state index contributed by atoms with van der Waals surface area (Å²) in [4.78, 5) is 0. The maximum Gasteiger partial charge on any atom is 0.389 e. The van der Waals surface area contributed by atoms with Crippen molar-refractivity contribution in [2.45, 2.75) is 24.3 Å². The molecule has 2 aromatic rings. The number of alkyl halides is 3. The molecule has 0 aliphatic carbocycles. The van der Waals surface area contributed by atoms with Crippen molar-refractivity contribution in [2.75, 3.05) is 5.75 Å². The Labute approximate surface area is 117 Å². The van der Waals surface area contributed by atoms with E-state index in [2.05, 4.69) is 16.8 Å². The van der Waals surface area contributed by atoms with Crippen LogP contribution in [0.3, 0.4) is 0 Å². The van der Waals surface area contributed by atoms with Crippen molar-refractivity contribution in [3.63, 3.8) is 0 Å². The van der Waals surface area contributed by atoms with Crippen LogP contribution in [0.15, 0.2) is 40.6 Å². The monoisotopic (exact) mass is 303 g/mol. The Morgan fingerprint density at radius 1 is 1.40 bits per heavy atom. The van der Waals surface area contributed by atoms with Crippen molar-refractivity contribution in [2.24, 2.45) is 0 Å². The van der Waals surface area contributed by atoms with Crippen molar-refractivity contribution in [3.8, 4) is 11.6 Å². The van der Waals surface area contributed by atoms with E-state index in [-0.39, 0.29) is 5.75 Å². The van der Waals surface area contributed by atoms with Gasteiger partial charge in [0.2, 0.25) is 5.82 Å². The summed E-state index contributed by atoms with van der Waals surface area (Å²) >= 11 is 1.01. The highest BCUT2D eigenvalue weighted by Crippen LogP contribution is 2.28. The highest BCUT2D eigenvalue weighted by molar-refractivity contribution is 7.99. The molecule has 0 spiro atoms. The largest absolute Gasteiger partial charge is 0.461 e. The summed E-state index contributed by atoms with van der Waals surface area (Å²) in [7, 11) is 0. The lowest BCUT2D eigenvalue weighted by Crippen LogP contribution is -2.08. The van der Waals surface area contributed by atoms with Gasteiger partial charge in [0.15, 0.2) is 10.9 Å². The van der Waals surface area contributed by atoms with Crippen molar-refractivity contribution in [3.05, 3.63) is 31.1 Å². The molecule has 2 aromatic heterocycles. The van der Waals surface area contributed by atoms with Crippen molar-refractivity contribution in [1.82, 2.24) is 14.8 Å². The van der Waals surface area contributed by atoms with Crippen LogP contribution in [-0.4, -0.2) is 26.7 Å². The van der Waals surface area contributed by atoms with E-state index in [1.54, 1.807) is 22.8 Å². The van der Waals surface area contributed by atoms with Gasteiger partial charge >= 0.3 is 6.18 Å². The van der Waals surface area contributed by atoms with Crippen LogP contribution in [-0.2, 0) is 6.54 Å². The minimum atomic E-state index is -4.17. The predicted octanol–water partition coefficient (Wildman–Crippen LogP) is 3.77. The van der Waals surface area contributed by atoms with Crippen LogP contribution in [0.1, 0.15) is 6.42 Å². The molecule has 0 bridgehead atoms. The lowest BCUT2D eigenvalue weighted by atomic mass is 10.4. The Kier molecular flexibility index (Phi) is 4.53. The van der Waals surface area contributed by atoms with Gasteiger partial charge in [-0.05, 0) is 12.1 Å². The molecule has 108 valence electrons. The molecular weight excluding hydrogens is 291 g/mol. The number of rotatable bonds is 6. The molecule has 0 saturated heterocycles. The second kappa shape index (κ2) is 6.17. The maximum atomic E-state index is 12.1. The number of hydrogen-bond acceptors (Lipinski definition) is 4. The molecule has 0 saturated carbocycles. The quantitative estimate of drug-likeness (QED) is 0.602. The lowest BCUT2D eigenvalue weighted by Gasteiger charge is -2.07. The second-order valence-electron chi connectivity index (χ2n) is 3.90. The molecule has 0 amide bonds. The molecule has 0 aliphatic rings. The molecule has 0 unspecified atom stereocenters. The van der Waals surface area contributed by atoms with Gasteiger partial charge in [-0.2, -0.15) is 13.2 Å². The maximum absolute atomic E-state index is 12.1. The van der Waals surface area contributed by atoms with Gasteiger partial charge in [0.25, 0.3) is 0 Å². The highest BCUT2D eigenvalue weighted by Gasteiger charge is 2.27. The molecule has 2 rings (SSSR count). The summed E-state index contributed by atoms with van der Waals surface area (Å²) in [6.45, 7) is 4.02. The van der Waals surface area contributed by atoms with E-state index >= 15 is 0 Å². The van der Waals surface area contributed by atoms with Crippen LogP contribution in [0, 0.1) is 0 Å².